The average Bonchev–Trinajstić information content (AvgIpc) is 2.82. The Hall–Kier alpha value is -1.46. The molecule has 2 rings (SSSR count). The number of nitrogens with two attached hydrogens (primary N) is 1. The molecule has 0 unspecified atom stereocenters. The SMILES string of the molecule is NC(=S)c1cccnc1NCCc1cccs1. The van der Waals surface area contributed by atoms with Crippen LogP contribution in [0.25, 0.3) is 0 Å². The number of nitrogens with zero attached hydrogens (tertiary/aromatic N) is 1. The van der Waals surface area contributed by atoms with Gasteiger partial charge in [0.1, 0.15) is 10.8 Å². The highest BCUT2D eigenvalue weighted by Crippen LogP contribution is 2.13. The minimum Gasteiger partial charge on any atom is -0.389 e. The monoisotopic (exact) mass is 263 g/mol. The number of pyridine rings is 1. The summed E-state index contributed by atoms with van der Waals surface area (Å²) in [7, 11) is 0. The molecule has 0 fully saturated rings. The van der Waals surface area contributed by atoms with Crippen LogP contribution in [0.3, 0.4) is 0 Å². The second kappa shape index (κ2) is 5.75. The van der Waals surface area contributed by atoms with Crippen LogP contribution < -0.4 is 11.1 Å². The molecule has 2 aromatic heterocycles. The van der Waals surface area contributed by atoms with Crippen molar-refractivity contribution in [2.45, 2.75) is 6.42 Å². The van der Waals surface area contributed by atoms with E-state index < -0.39 is 0 Å². The van der Waals surface area contributed by atoms with E-state index in [4.69, 9.17) is 18.0 Å². The standard InChI is InChI=1S/C12H13N3S2/c13-11(16)10-4-1-6-14-12(10)15-7-5-9-3-2-8-17-9/h1-4,6,8H,5,7H2,(H2,13,16)(H,14,15). The van der Waals surface area contributed by atoms with Crippen molar-refractivity contribution in [3.63, 3.8) is 0 Å². The molecular weight excluding hydrogens is 250 g/mol. The van der Waals surface area contributed by atoms with Crippen molar-refractivity contribution in [2.75, 3.05) is 11.9 Å². The van der Waals surface area contributed by atoms with Gasteiger partial charge in [0.2, 0.25) is 0 Å². The molecular formula is C12H13N3S2. The number of hydrogen-bond acceptors (Lipinski definition) is 4. The summed E-state index contributed by atoms with van der Waals surface area (Å²) in [5.74, 6) is 0.761. The molecule has 0 atom stereocenters. The first-order chi connectivity index (χ1) is 8.27. The predicted molar refractivity (Wildman–Crippen MR) is 76.6 cm³/mol. The summed E-state index contributed by atoms with van der Waals surface area (Å²) < 4.78 is 0. The van der Waals surface area contributed by atoms with Crippen molar-refractivity contribution in [1.82, 2.24) is 4.98 Å². The molecule has 0 amide bonds. The van der Waals surface area contributed by atoms with Gasteiger partial charge in [-0.25, -0.2) is 4.98 Å². The molecule has 2 heterocycles. The molecule has 17 heavy (non-hydrogen) atoms. The van der Waals surface area contributed by atoms with Crippen LogP contribution in [0.1, 0.15) is 10.4 Å². The minimum atomic E-state index is 0.372. The molecule has 5 heteroatoms. The van der Waals surface area contributed by atoms with Gasteiger partial charge in [-0.05, 0) is 30.0 Å². The maximum Gasteiger partial charge on any atom is 0.136 e. The second-order valence-corrected chi connectivity index (χ2v) is 4.99. The highest BCUT2D eigenvalue weighted by Gasteiger charge is 2.04. The Morgan fingerprint density at radius 2 is 2.29 bits per heavy atom. The van der Waals surface area contributed by atoms with E-state index in [1.54, 1.807) is 17.5 Å². The van der Waals surface area contributed by atoms with E-state index in [2.05, 4.69) is 27.8 Å². The molecule has 0 aliphatic heterocycles. The zero-order valence-electron chi connectivity index (χ0n) is 9.22. The van der Waals surface area contributed by atoms with Gasteiger partial charge >= 0.3 is 0 Å². The van der Waals surface area contributed by atoms with Gasteiger partial charge in [0.05, 0.1) is 5.56 Å². The first-order valence-electron chi connectivity index (χ1n) is 5.28. The summed E-state index contributed by atoms with van der Waals surface area (Å²) >= 11 is 6.74. The van der Waals surface area contributed by atoms with Crippen molar-refractivity contribution < 1.29 is 0 Å². The summed E-state index contributed by atoms with van der Waals surface area (Å²) in [4.78, 5) is 5.97. The average molecular weight is 263 g/mol. The Balaban J connectivity index is 1.97. The smallest absolute Gasteiger partial charge is 0.136 e. The van der Waals surface area contributed by atoms with Crippen molar-refractivity contribution in [2.24, 2.45) is 5.73 Å². The van der Waals surface area contributed by atoms with Crippen LogP contribution in [-0.4, -0.2) is 16.5 Å². The number of thiophene rings is 1. The molecule has 2 aromatic rings. The van der Waals surface area contributed by atoms with Crippen LogP contribution in [0.4, 0.5) is 5.82 Å². The maximum absolute atomic E-state index is 5.63. The second-order valence-electron chi connectivity index (χ2n) is 3.52. The summed E-state index contributed by atoms with van der Waals surface area (Å²) in [6, 6.07) is 7.89. The normalized spacial score (nSPS) is 10.1. The largest absolute Gasteiger partial charge is 0.389 e. The van der Waals surface area contributed by atoms with Crippen LogP contribution in [-0.2, 0) is 6.42 Å². The first kappa shape index (κ1) is 12.0. The van der Waals surface area contributed by atoms with E-state index in [0.717, 1.165) is 24.3 Å². The molecule has 0 radical (unpaired) electrons. The van der Waals surface area contributed by atoms with Crippen LogP contribution in [0, 0.1) is 0 Å². The number of anilines is 1. The van der Waals surface area contributed by atoms with E-state index in [-0.39, 0.29) is 0 Å². The minimum absolute atomic E-state index is 0.372. The number of rotatable bonds is 5. The van der Waals surface area contributed by atoms with Crippen LogP contribution in [0.2, 0.25) is 0 Å². The molecule has 0 aliphatic carbocycles. The fourth-order valence-electron chi connectivity index (χ4n) is 1.50. The first-order valence-corrected chi connectivity index (χ1v) is 6.57. The zero-order chi connectivity index (χ0) is 12.1. The lowest BCUT2D eigenvalue weighted by Gasteiger charge is -2.08. The maximum atomic E-state index is 5.63. The van der Waals surface area contributed by atoms with Gasteiger partial charge in [-0.1, -0.05) is 18.3 Å². The summed E-state index contributed by atoms with van der Waals surface area (Å²) in [6.07, 6.45) is 2.71. The fourth-order valence-corrected chi connectivity index (χ4v) is 2.38. The Kier molecular flexibility index (Phi) is 4.06. The lowest BCUT2D eigenvalue weighted by Crippen LogP contribution is -2.15. The fraction of sp³-hybridized carbons (Fsp3) is 0.167. The predicted octanol–water partition coefficient (Wildman–Crippen LogP) is 2.43. The number of nitrogens with one attached hydrogen (secondary N) is 1. The number of thiocarbonyl (C=S) groups is 1. The van der Waals surface area contributed by atoms with Crippen LogP contribution in [0.5, 0.6) is 0 Å². The van der Waals surface area contributed by atoms with Crippen molar-refractivity contribution in [3.8, 4) is 0 Å². The summed E-state index contributed by atoms with van der Waals surface area (Å²) in [5, 5.41) is 5.34. The molecule has 0 spiro atoms. The molecule has 3 nitrogen and oxygen atoms in total. The molecule has 0 aromatic carbocycles. The summed E-state index contributed by atoms with van der Waals surface area (Å²) in [5.41, 5.74) is 6.43. The number of hydrogen-bond donors (Lipinski definition) is 2. The van der Waals surface area contributed by atoms with Gasteiger partial charge < -0.3 is 11.1 Å². The highest BCUT2D eigenvalue weighted by atomic mass is 32.1. The Labute approximate surface area is 110 Å². The number of aromatic nitrogens is 1. The van der Waals surface area contributed by atoms with Gasteiger partial charge in [-0.2, -0.15) is 0 Å². The van der Waals surface area contributed by atoms with Crippen molar-refractivity contribution in [1.29, 1.82) is 0 Å². The summed E-state index contributed by atoms with van der Waals surface area (Å²) in [6.45, 7) is 0.827. The molecule has 0 saturated heterocycles. The molecule has 0 bridgehead atoms. The van der Waals surface area contributed by atoms with Gasteiger partial charge in [0.25, 0.3) is 0 Å². The van der Waals surface area contributed by atoms with Crippen molar-refractivity contribution in [3.05, 3.63) is 46.3 Å². The lowest BCUT2D eigenvalue weighted by molar-refractivity contribution is 1.03. The third kappa shape index (κ3) is 3.25. The third-order valence-electron chi connectivity index (χ3n) is 2.32. The Bertz CT molecular complexity index is 494. The molecule has 3 N–H and O–H groups in total. The van der Waals surface area contributed by atoms with E-state index in [0.29, 0.717) is 4.99 Å². The molecule has 0 saturated carbocycles. The molecule has 0 aliphatic rings. The Morgan fingerprint density at radius 3 is 3.00 bits per heavy atom. The molecule has 88 valence electrons. The third-order valence-corrected chi connectivity index (χ3v) is 3.47. The van der Waals surface area contributed by atoms with E-state index in [9.17, 15) is 0 Å². The van der Waals surface area contributed by atoms with E-state index >= 15 is 0 Å². The van der Waals surface area contributed by atoms with Gasteiger partial charge in [0, 0.05) is 17.6 Å². The van der Waals surface area contributed by atoms with Gasteiger partial charge in [-0.3, -0.25) is 0 Å². The van der Waals surface area contributed by atoms with E-state index in [1.807, 2.05) is 12.1 Å². The highest BCUT2D eigenvalue weighted by molar-refractivity contribution is 7.80. The van der Waals surface area contributed by atoms with Gasteiger partial charge in [-0.15, -0.1) is 11.3 Å². The van der Waals surface area contributed by atoms with E-state index in [1.165, 1.54) is 4.88 Å². The van der Waals surface area contributed by atoms with Gasteiger partial charge in [0.15, 0.2) is 0 Å². The Morgan fingerprint density at radius 1 is 1.41 bits per heavy atom. The topological polar surface area (TPSA) is 50.9 Å². The van der Waals surface area contributed by atoms with Crippen LogP contribution in [0.15, 0.2) is 35.8 Å². The lowest BCUT2D eigenvalue weighted by atomic mass is 10.2. The quantitative estimate of drug-likeness (QED) is 0.814. The van der Waals surface area contributed by atoms with Crippen LogP contribution >= 0.6 is 23.6 Å². The van der Waals surface area contributed by atoms with Crippen molar-refractivity contribution >= 4 is 34.4 Å². The zero-order valence-corrected chi connectivity index (χ0v) is 10.9.